The maximum absolute atomic E-state index is 10.7. The molecule has 0 atom stereocenters. The van der Waals surface area contributed by atoms with Crippen molar-refractivity contribution in [3.63, 3.8) is 0 Å². The Labute approximate surface area is 166 Å². The lowest BCUT2D eigenvalue weighted by Gasteiger charge is -1.97. The topological polar surface area (TPSA) is 116 Å². The number of ether oxygens (including phenoxy) is 3. The van der Waals surface area contributed by atoms with Crippen molar-refractivity contribution in [2.45, 2.75) is 33.1 Å². The van der Waals surface area contributed by atoms with Crippen LogP contribution in [0.1, 0.15) is 33.1 Å². The molecule has 0 fully saturated rings. The van der Waals surface area contributed by atoms with E-state index in [1.54, 1.807) is 6.92 Å². The van der Waals surface area contributed by atoms with E-state index in [0.717, 1.165) is 25.0 Å². The Kier molecular flexibility index (Phi) is 23.1. The van der Waals surface area contributed by atoms with Crippen LogP contribution in [-0.4, -0.2) is 49.3 Å². The first kappa shape index (κ1) is 29.6. The Morgan fingerprint density at radius 3 is 1.89 bits per heavy atom. The van der Waals surface area contributed by atoms with Gasteiger partial charge in [-0.3, -0.25) is 0 Å². The lowest BCUT2D eigenvalue weighted by atomic mass is 10.2. The van der Waals surface area contributed by atoms with E-state index in [-0.39, 0.29) is 23.9 Å². The summed E-state index contributed by atoms with van der Waals surface area (Å²) >= 11 is 0. The molecule has 0 heterocycles. The van der Waals surface area contributed by atoms with E-state index in [0.29, 0.717) is 13.2 Å². The standard InChI is InChI=1S/C8H10O4.C7H12O2.C5H8O2/c1-6(8(11)12-2)4-3-5-7(9)10;1-3-5-6-9-7(8)4-2;1-3-5(6)7-4-2/h3,5H,1,4H2,2H3,(H,9,10);4H,2-3,5-6H2,1H3;3H,1,4H2,2H3. The molecule has 0 rings (SSSR count). The summed E-state index contributed by atoms with van der Waals surface area (Å²) in [6.45, 7) is 14.6. The van der Waals surface area contributed by atoms with Gasteiger partial charge < -0.3 is 19.3 Å². The molecular weight excluding hydrogens is 368 g/mol. The molecule has 0 aromatic heterocycles. The Hall–Kier alpha value is -3.16. The van der Waals surface area contributed by atoms with Gasteiger partial charge >= 0.3 is 23.9 Å². The number of carbonyl (C=O) groups excluding carboxylic acids is 3. The summed E-state index contributed by atoms with van der Waals surface area (Å²) in [7, 11) is 1.24. The fourth-order valence-corrected chi connectivity index (χ4v) is 1.11. The summed E-state index contributed by atoms with van der Waals surface area (Å²) in [5.41, 5.74) is 0.231. The Bertz CT molecular complexity index is 546. The molecule has 0 saturated carbocycles. The van der Waals surface area contributed by atoms with Crippen molar-refractivity contribution in [1.29, 1.82) is 0 Å². The fraction of sp³-hybridized carbons (Fsp3) is 0.400. The van der Waals surface area contributed by atoms with Gasteiger partial charge in [-0.2, -0.15) is 0 Å². The number of rotatable bonds is 10. The van der Waals surface area contributed by atoms with Crippen LogP contribution in [0, 0.1) is 0 Å². The van der Waals surface area contributed by atoms with Crippen molar-refractivity contribution in [3.8, 4) is 0 Å². The van der Waals surface area contributed by atoms with Crippen LogP contribution in [0.5, 0.6) is 0 Å². The van der Waals surface area contributed by atoms with Crippen molar-refractivity contribution < 1.29 is 38.5 Å². The highest BCUT2D eigenvalue weighted by atomic mass is 16.5. The van der Waals surface area contributed by atoms with Crippen LogP contribution in [0.3, 0.4) is 0 Å². The summed E-state index contributed by atoms with van der Waals surface area (Å²) in [4.78, 5) is 41.1. The molecule has 0 spiro atoms. The van der Waals surface area contributed by atoms with Crippen molar-refractivity contribution in [2.24, 2.45) is 0 Å². The molecule has 8 nitrogen and oxygen atoms in total. The number of hydrogen-bond acceptors (Lipinski definition) is 7. The van der Waals surface area contributed by atoms with Gasteiger partial charge in [0.15, 0.2) is 0 Å². The lowest BCUT2D eigenvalue weighted by Crippen LogP contribution is -2.02. The minimum atomic E-state index is -1.05. The van der Waals surface area contributed by atoms with Gasteiger partial charge in [-0.05, 0) is 19.8 Å². The highest BCUT2D eigenvalue weighted by molar-refractivity contribution is 5.88. The minimum absolute atomic E-state index is 0.193. The smallest absolute Gasteiger partial charge is 0.333 e. The molecule has 28 heavy (non-hydrogen) atoms. The molecular formula is C20H30O8. The summed E-state index contributed by atoms with van der Waals surface area (Å²) < 4.78 is 13.5. The second-order valence-corrected chi connectivity index (χ2v) is 4.72. The zero-order valence-electron chi connectivity index (χ0n) is 16.8. The van der Waals surface area contributed by atoms with Crippen LogP contribution in [0.25, 0.3) is 0 Å². The highest BCUT2D eigenvalue weighted by Gasteiger charge is 2.03. The van der Waals surface area contributed by atoms with Crippen molar-refractivity contribution >= 4 is 23.9 Å². The molecule has 1 N–H and O–H groups in total. The molecule has 0 aromatic rings. The summed E-state index contributed by atoms with van der Waals surface area (Å²) in [5, 5.41) is 8.19. The molecule has 0 aliphatic rings. The van der Waals surface area contributed by atoms with Crippen LogP contribution in [0.4, 0.5) is 0 Å². The van der Waals surface area contributed by atoms with Gasteiger partial charge in [0.2, 0.25) is 0 Å². The molecule has 0 aliphatic carbocycles. The van der Waals surface area contributed by atoms with Gasteiger partial charge in [-0.15, -0.1) is 0 Å². The molecule has 0 saturated heterocycles. The monoisotopic (exact) mass is 398 g/mol. The highest BCUT2D eigenvalue weighted by Crippen LogP contribution is 2.00. The maximum Gasteiger partial charge on any atom is 0.333 e. The number of hydrogen-bond donors (Lipinski definition) is 1. The largest absolute Gasteiger partial charge is 0.478 e. The van der Waals surface area contributed by atoms with E-state index in [1.807, 2.05) is 6.92 Å². The second kappa shape index (κ2) is 21.9. The summed E-state index contributed by atoms with van der Waals surface area (Å²) in [6, 6.07) is 0. The third-order valence-corrected chi connectivity index (χ3v) is 2.46. The molecule has 0 unspecified atom stereocenters. The lowest BCUT2D eigenvalue weighted by molar-refractivity contribution is -0.138. The van der Waals surface area contributed by atoms with E-state index < -0.39 is 11.9 Å². The second-order valence-electron chi connectivity index (χ2n) is 4.72. The molecule has 0 aromatic carbocycles. The van der Waals surface area contributed by atoms with Gasteiger partial charge in [0.1, 0.15) is 0 Å². The third kappa shape index (κ3) is 25.1. The van der Waals surface area contributed by atoms with E-state index in [1.165, 1.54) is 19.3 Å². The van der Waals surface area contributed by atoms with Gasteiger partial charge in [0.05, 0.1) is 20.3 Å². The van der Waals surface area contributed by atoms with Crippen LogP contribution in [0.15, 0.2) is 49.6 Å². The van der Waals surface area contributed by atoms with E-state index in [2.05, 4.69) is 33.9 Å². The van der Waals surface area contributed by atoms with Gasteiger partial charge in [-0.25, -0.2) is 19.2 Å². The normalized spacial score (nSPS) is 8.82. The molecule has 158 valence electrons. The number of carboxylic acid groups (broad SMARTS) is 1. The number of allylic oxidation sites excluding steroid dienone is 1. The Balaban J connectivity index is -0.000000349. The van der Waals surface area contributed by atoms with Gasteiger partial charge in [0, 0.05) is 23.8 Å². The van der Waals surface area contributed by atoms with Crippen LogP contribution in [-0.2, 0) is 33.4 Å². The molecule has 0 aliphatic heterocycles. The molecule has 0 radical (unpaired) electrons. The number of carboxylic acids is 1. The van der Waals surface area contributed by atoms with Crippen molar-refractivity contribution in [3.05, 3.63) is 49.6 Å². The number of aliphatic carboxylic acids is 1. The Morgan fingerprint density at radius 1 is 1.00 bits per heavy atom. The number of carbonyl (C=O) groups is 4. The predicted molar refractivity (Wildman–Crippen MR) is 105 cm³/mol. The summed E-state index contributed by atoms with van der Waals surface area (Å²) in [6.07, 6.45) is 6.78. The first-order valence-electron chi connectivity index (χ1n) is 8.43. The van der Waals surface area contributed by atoms with Crippen LogP contribution >= 0.6 is 0 Å². The van der Waals surface area contributed by atoms with Crippen LogP contribution < -0.4 is 0 Å². The zero-order valence-corrected chi connectivity index (χ0v) is 16.8. The van der Waals surface area contributed by atoms with Gasteiger partial charge in [0.25, 0.3) is 0 Å². The van der Waals surface area contributed by atoms with Crippen LogP contribution in [0.2, 0.25) is 0 Å². The zero-order chi connectivity index (χ0) is 22.4. The average Bonchev–Trinajstić information content (AvgIpc) is 2.68. The first-order valence-corrected chi connectivity index (χ1v) is 8.43. The quantitative estimate of drug-likeness (QED) is 0.258. The molecule has 8 heteroatoms. The first-order chi connectivity index (χ1) is 13.2. The van der Waals surface area contributed by atoms with Crippen molar-refractivity contribution in [1.82, 2.24) is 0 Å². The molecule has 0 bridgehead atoms. The van der Waals surface area contributed by atoms with Gasteiger partial charge in [-0.1, -0.05) is 39.2 Å². The average molecular weight is 398 g/mol. The SMILES string of the molecule is C=C(CC=CC(=O)O)C(=O)OC.C=CC(=O)OCC.C=CC(=O)OCCCC. The number of esters is 3. The maximum atomic E-state index is 10.7. The molecule has 0 amide bonds. The minimum Gasteiger partial charge on any atom is -0.478 e. The predicted octanol–water partition coefficient (Wildman–Crippen LogP) is 3.00. The fourth-order valence-electron chi connectivity index (χ4n) is 1.11. The van der Waals surface area contributed by atoms with E-state index >= 15 is 0 Å². The van der Waals surface area contributed by atoms with E-state index in [9.17, 15) is 19.2 Å². The van der Waals surface area contributed by atoms with E-state index in [4.69, 9.17) is 5.11 Å². The number of unbranched alkanes of at least 4 members (excludes halogenated alkanes) is 1. The van der Waals surface area contributed by atoms with Crippen molar-refractivity contribution in [2.75, 3.05) is 20.3 Å². The third-order valence-electron chi connectivity index (χ3n) is 2.46. The number of methoxy groups -OCH3 is 1. The Morgan fingerprint density at radius 2 is 1.54 bits per heavy atom. The summed E-state index contributed by atoms with van der Waals surface area (Å²) in [5.74, 6) is -2.26.